The summed E-state index contributed by atoms with van der Waals surface area (Å²) < 4.78 is 29.3. The van der Waals surface area contributed by atoms with Gasteiger partial charge in [0.2, 0.25) is 10.0 Å². The third-order valence-corrected chi connectivity index (χ3v) is 5.07. The number of nitrogens with zero attached hydrogens (tertiary/aromatic N) is 5. The van der Waals surface area contributed by atoms with Gasteiger partial charge in [-0.2, -0.15) is 5.10 Å². The van der Waals surface area contributed by atoms with Crippen LogP contribution in [0.2, 0.25) is 0 Å². The first kappa shape index (κ1) is 13.3. The lowest BCUT2D eigenvalue weighted by atomic mass is 10.4. The van der Waals surface area contributed by atoms with Crippen LogP contribution in [0.4, 0.5) is 0 Å². The Morgan fingerprint density at radius 1 is 1.45 bits per heavy atom. The average Bonchev–Trinajstić information content (AvgIpc) is 3.06. The maximum atomic E-state index is 11.7. The first-order valence-electron chi connectivity index (χ1n) is 6.36. The summed E-state index contributed by atoms with van der Waals surface area (Å²) in [5.74, 6) is 0.784. The van der Waals surface area contributed by atoms with E-state index in [9.17, 15) is 8.42 Å². The highest BCUT2D eigenvalue weighted by atomic mass is 32.2. The molecule has 1 aliphatic carbocycles. The summed E-state index contributed by atoms with van der Waals surface area (Å²) in [7, 11) is -1.37. The third kappa shape index (κ3) is 2.59. The van der Waals surface area contributed by atoms with E-state index in [0.717, 1.165) is 24.4 Å². The summed E-state index contributed by atoms with van der Waals surface area (Å²) in [5.41, 5.74) is 1.46. The Morgan fingerprint density at radius 3 is 2.80 bits per heavy atom. The Kier molecular flexibility index (Phi) is 3.09. The predicted octanol–water partition coefficient (Wildman–Crippen LogP) is -0.109. The Morgan fingerprint density at radius 2 is 2.20 bits per heavy atom. The summed E-state index contributed by atoms with van der Waals surface area (Å²) >= 11 is 0. The molecule has 108 valence electrons. The molecule has 0 amide bonds. The lowest BCUT2D eigenvalue weighted by Crippen LogP contribution is -2.26. The molecule has 0 unspecified atom stereocenters. The molecule has 0 spiro atoms. The highest BCUT2D eigenvalue weighted by molar-refractivity contribution is 7.90. The van der Waals surface area contributed by atoms with E-state index < -0.39 is 10.0 Å². The summed E-state index contributed by atoms with van der Waals surface area (Å²) in [6, 6.07) is 1.88. The van der Waals surface area contributed by atoms with Gasteiger partial charge in [-0.05, 0) is 19.8 Å². The highest BCUT2D eigenvalue weighted by Crippen LogP contribution is 2.27. The number of aryl methyl sites for hydroxylation is 2. The van der Waals surface area contributed by atoms with Gasteiger partial charge in [0.05, 0.1) is 29.4 Å². The normalized spacial score (nSPS) is 15.7. The van der Waals surface area contributed by atoms with Crippen molar-refractivity contribution in [3.63, 3.8) is 0 Å². The lowest BCUT2D eigenvalue weighted by molar-refractivity contribution is 0.579. The van der Waals surface area contributed by atoms with Crippen molar-refractivity contribution in [2.45, 2.75) is 31.6 Å². The van der Waals surface area contributed by atoms with Crippen LogP contribution in [-0.4, -0.2) is 38.4 Å². The fourth-order valence-electron chi connectivity index (χ4n) is 1.97. The largest absolute Gasteiger partial charge is 0.251 e. The highest BCUT2D eigenvalue weighted by Gasteiger charge is 2.35. The topological polar surface area (TPSA) is 94.7 Å². The van der Waals surface area contributed by atoms with E-state index in [2.05, 4.69) is 20.1 Å². The molecule has 2 aromatic heterocycles. The molecular formula is C11H16N6O2S. The van der Waals surface area contributed by atoms with E-state index in [1.165, 1.54) is 0 Å². The number of hydrogen-bond acceptors (Lipinski definition) is 5. The molecule has 0 aliphatic heterocycles. The minimum Gasteiger partial charge on any atom is -0.251 e. The van der Waals surface area contributed by atoms with Gasteiger partial charge < -0.3 is 0 Å². The molecule has 20 heavy (non-hydrogen) atoms. The fourth-order valence-corrected chi connectivity index (χ4v) is 3.31. The molecule has 0 aromatic carbocycles. The van der Waals surface area contributed by atoms with Crippen molar-refractivity contribution in [1.29, 1.82) is 0 Å². The zero-order valence-electron chi connectivity index (χ0n) is 11.3. The molecule has 0 bridgehead atoms. The molecule has 9 heteroatoms. The SMILES string of the molecule is Cc1cc(-n2cc(CNS(=O)(=O)C3CC3)nn2)n(C)n1. The van der Waals surface area contributed by atoms with Crippen LogP contribution in [0.5, 0.6) is 0 Å². The molecule has 3 rings (SSSR count). The van der Waals surface area contributed by atoms with Gasteiger partial charge in [-0.3, -0.25) is 4.68 Å². The van der Waals surface area contributed by atoms with Crippen LogP contribution in [0, 0.1) is 6.92 Å². The molecule has 0 atom stereocenters. The van der Waals surface area contributed by atoms with Crippen LogP contribution in [0.1, 0.15) is 24.2 Å². The minimum atomic E-state index is -3.19. The summed E-state index contributed by atoms with van der Waals surface area (Å²) in [6.07, 6.45) is 3.19. The van der Waals surface area contributed by atoms with Gasteiger partial charge in [0.25, 0.3) is 0 Å². The van der Waals surface area contributed by atoms with Crippen molar-refractivity contribution in [3.8, 4) is 5.82 Å². The summed E-state index contributed by atoms with van der Waals surface area (Å²) in [5, 5.41) is 12.0. The van der Waals surface area contributed by atoms with Gasteiger partial charge in [-0.1, -0.05) is 5.21 Å². The minimum absolute atomic E-state index is 0.162. The summed E-state index contributed by atoms with van der Waals surface area (Å²) in [6.45, 7) is 2.06. The summed E-state index contributed by atoms with van der Waals surface area (Å²) in [4.78, 5) is 0. The van der Waals surface area contributed by atoms with Crippen molar-refractivity contribution in [1.82, 2.24) is 29.5 Å². The third-order valence-electron chi connectivity index (χ3n) is 3.17. The second-order valence-corrected chi connectivity index (χ2v) is 7.03. The zero-order chi connectivity index (χ0) is 14.3. The molecule has 1 saturated carbocycles. The van der Waals surface area contributed by atoms with Crippen LogP contribution in [0.15, 0.2) is 12.3 Å². The molecule has 1 fully saturated rings. The molecule has 2 aromatic rings. The van der Waals surface area contributed by atoms with Crippen molar-refractivity contribution in [3.05, 3.63) is 23.7 Å². The first-order valence-corrected chi connectivity index (χ1v) is 7.91. The van der Waals surface area contributed by atoms with Crippen LogP contribution in [0.25, 0.3) is 5.82 Å². The lowest BCUT2D eigenvalue weighted by Gasteiger charge is -2.02. The number of rotatable bonds is 5. The van der Waals surface area contributed by atoms with Crippen LogP contribution in [-0.2, 0) is 23.6 Å². The van der Waals surface area contributed by atoms with Gasteiger partial charge in [0.1, 0.15) is 0 Å². The maximum absolute atomic E-state index is 11.7. The molecule has 1 aliphatic rings. The van der Waals surface area contributed by atoms with Crippen molar-refractivity contribution in [2.24, 2.45) is 7.05 Å². The fraction of sp³-hybridized carbons (Fsp3) is 0.545. The number of hydrogen-bond donors (Lipinski definition) is 1. The van der Waals surface area contributed by atoms with Crippen LogP contribution < -0.4 is 4.72 Å². The van der Waals surface area contributed by atoms with E-state index in [-0.39, 0.29) is 11.8 Å². The van der Waals surface area contributed by atoms with Crippen molar-refractivity contribution in [2.75, 3.05) is 0 Å². The molecule has 1 N–H and O–H groups in total. The van der Waals surface area contributed by atoms with Crippen LogP contribution in [0.3, 0.4) is 0 Å². The van der Waals surface area contributed by atoms with E-state index in [0.29, 0.717) is 5.69 Å². The van der Waals surface area contributed by atoms with E-state index in [4.69, 9.17) is 0 Å². The van der Waals surface area contributed by atoms with Gasteiger partial charge in [-0.25, -0.2) is 17.8 Å². The number of aromatic nitrogens is 5. The zero-order valence-corrected chi connectivity index (χ0v) is 12.1. The van der Waals surface area contributed by atoms with Crippen molar-refractivity contribution < 1.29 is 8.42 Å². The van der Waals surface area contributed by atoms with Gasteiger partial charge >= 0.3 is 0 Å². The van der Waals surface area contributed by atoms with E-state index in [1.54, 1.807) is 15.6 Å². The molecule has 0 saturated heterocycles. The second-order valence-electron chi connectivity index (χ2n) is 4.99. The Labute approximate surface area is 116 Å². The second kappa shape index (κ2) is 4.67. The maximum Gasteiger partial charge on any atom is 0.214 e. The van der Waals surface area contributed by atoms with E-state index >= 15 is 0 Å². The molecule has 0 radical (unpaired) electrons. The van der Waals surface area contributed by atoms with Gasteiger partial charge in [0, 0.05) is 13.1 Å². The number of sulfonamides is 1. The average molecular weight is 296 g/mol. The Balaban J connectivity index is 1.72. The molecule has 2 heterocycles. The molecule has 8 nitrogen and oxygen atoms in total. The van der Waals surface area contributed by atoms with Gasteiger partial charge in [0.15, 0.2) is 5.82 Å². The molecular weight excluding hydrogens is 280 g/mol. The Bertz CT molecular complexity index is 728. The van der Waals surface area contributed by atoms with Crippen LogP contribution >= 0.6 is 0 Å². The predicted molar refractivity (Wildman–Crippen MR) is 71.6 cm³/mol. The standard InChI is InChI=1S/C11H16N6O2S/c1-8-5-11(16(2)14-8)17-7-9(13-15-17)6-12-20(18,19)10-3-4-10/h5,7,10,12H,3-4,6H2,1-2H3. The van der Waals surface area contributed by atoms with Crippen molar-refractivity contribution >= 4 is 10.0 Å². The monoisotopic (exact) mass is 296 g/mol. The number of nitrogens with one attached hydrogen (secondary N) is 1. The first-order chi connectivity index (χ1) is 9.45. The Hall–Kier alpha value is -1.74. The van der Waals surface area contributed by atoms with Gasteiger partial charge in [-0.15, -0.1) is 5.10 Å². The smallest absolute Gasteiger partial charge is 0.214 e. The van der Waals surface area contributed by atoms with E-state index in [1.807, 2.05) is 20.0 Å². The quantitative estimate of drug-likeness (QED) is 0.831.